The van der Waals surface area contributed by atoms with Gasteiger partial charge in [-0.05, 0) is 0 Å². The van der Waals surface area contributed by atoms with Crippen molar-refractivity contribution in [1.29, 1.82) is 0 Å². The van der Waals surface area contributed by atoms with Crippen LogP contribution in [0, 0.1) is 0 Å². The number of nitrogens with one attached hydrogen (secondary N) is 1. The van der Waals surface area contributed by atoms with Crippen LogP contribution in [-0.4, -0.2) is 116 Å². The zero-order valence-corrected chi connectivity index (χ0v) is 14.0. The van der Waals surface area contributed by atoms with Crippen molar-refractivity contribution in [3.63, 3.8) is 0 Å². The fourth-order valence-corrected chi connectivity index (χ4v) is 3.00. The summed E-state index contributed by atoms with van der Waals surface area (Å²) in [7, 11) is 0. The van der Waals surface area contributed by atoms with Crippen LogP contribution in [0.4, 0.5) is 0 Å². The molecule has 12 heteroatoms. The number of hydrogen-bond donors (Lipinski definition) is 8. The molecule has 0 aromatic heterocycles. The van der Waals surface area contributed by atoms with Gasteiger partial charge in [0.15, 0.2) is 12.6 Å². The Kier molecular flexibility index (Phi) is 7.27. The van der Waals surface area contributed by atoms with Gasteiger partial charge in [0.2, 0.25) is 5.91 Å². The van der Waals surface area contributed by atoms with Crippen LogP contribution in [0.1, 0.15) is 6.92 Å². The topological polar surface area (TPSA) is 198 Å². The largest absolute Gasteiger partial charge is 0.394 e. The van der Waals surface area contributed by atoms with Crippen molar-refractivity contribution in [2.24, 2.45) is 0 Å². The summed E-state index contributed by atoms with van der Waals surface area (Å²) in [5.41, 5.74) is 0. The third-order valence-corrected chi connectivity index (χ3v) is 4.36. The minimum absolute atomic E-state index is 0.559. The van der Waals surface area contributed by atoms with Crippen LogP contribution in [0.15, 0.2) is 0 Å². The van der Waals surface area contributed by atoms with E-state index < -0.39 is 80.5 Å². The highest BCUT2D eigenvalue weighted by Gasteiger charge is 2.51. The fourth-order valence-electron chi connectivity index (χ4n) is 3.00. The molecule has 0 spiro atoms. The first-order valence-electron chi connectivity index (χ1n) is 8.06. The number of carbonyl (C=O) groups excluding carboxylic acids is 1. The molecule has 12 nitrogen and oxygen atoms in total. The summed E-state index contributed by atoms with van der Waals surface area (Å²) >= 11 is 0. The summed E-state index contributed by atoms with van der Waals surface area (Å²) in [5, 5.41) is 70.4. The van der Waals surface area contributed by atoms with Gasteiger partial charge in [0.25, 0.3) is 0 Å². The molecule has 2 heterocycles. The van der Waals surface area contributed by atoms with E-state index in [2.05, 4.69) is 5.32 Å². The Labute approximate surface area is 148 Å². The minimum Gasteiger partial charge on any atom is -0.394 e. The van der Waals surface area contributed by atoms with E-state index >= 15 is 0 Å². The number of aliphatic hydroxyl groups excluding tert-OH is 7. The van der Waals surface area contributed by atoms with Crippen LogP contribution in [0.25, 0.3) is 0 Å². The lowest BCUT2D eigenvalue weighted by atomic mass is 9.96. The summed E-state index contributed by atoms with van der Waals surface area (Å²) in [6.45, 7) is -0.236. The molecule has 0 bridgehead atoms. The van der Waals surface area contributed by atoms with Crippen LogP contribution in [0.2, 0.25) is 0 Å². The predicted octanol–water partition coefficient (Wildman–Crippen LogP) is -5.25. The lowest BCUT2D eigenvalue weighted by Gasteiger charge is -2.43. The standard InChI is InChI=1S/C14H25NO11/c1-4(18)15-7-8(20)12(6(3-17)24-13(7)23)26-14-10(22)9(21)11(25-14)5(19)2-16/h5-14,16-17,19-23H,2-3H2,1H3,(H,15,18). The Balaban J connectivity index is 2.13. The predicted molar refractivity (Wildman–Crippen MR) is 80.2 cm³/mol. The van der Waals surface area contributed by atoms with Crippen molar-refractivity contribution in [3.8, 4) is 0 Å². The second-order valence-electron chi connectivity index (χ2n) is 6.27. The molecule has 2 fully saturated rings. The highest BCUT2D eigenvalue weighted by Crippen LogP contribution is 2.30. The molecule has 2 aliphatic heterocycles. The van der Waals surface area contributed by atoms with E-state index in [1.54, 1.807) is 0 Å². The number of carbonyl (C=O) groups is 1. The van der Waals surface area contributed by atoms with Crippen LogP contribution in [-0.2, 0) is 19.0 Å². The van der Waals surface area contributed by atoms with Gasteiger partial charge >= 0.3 is 0 Å². The van der Waals surface area contributed by atoms with Crippen molar-refractivity contribution < 1.29 is 54.8 Å². The number of ether oxygens (including phenoxy) is 3. The van der Waals surface area contributed by atoms with Gasteiger partial charge in [-0.2, -0.15) is 0 Å². The smallest absolute Gasteiger partial charge is 0.217 e. The van der Waals surface area contributed by atoms with Crippen molar-refractivity contribution in [2.75, 3.05) is 13.2 Å². The van der Waals surface area contributed by atoms with E-state index in [0.717, 1.165) is 6.92 Å². The molecule has 26 heavy (non-hydrogen) atoms. The van der Waals surface area contributed by atoms with Crippen LogP contribution in [0.5, 0.6) is 0 Å². The number of aliphatic hydroxyl groups is 7. The maximum atomic E-state index is 11.2. The molecule has 0 aromatic carbocycles. The zero-order valence-electron chi connectivity index (χ0n) is 14.0. The van der Waals surface area contributed by atoms with Crippen LogP contribution >= 0.6 is 0 Å². The zero-order chi connectivity index (χ0) is 19.6. The molecular formula is C14H25NO11. The van der Waals surface area contributed by atoms with Gasteiger partial charge in [-0.25, -0.2) is 0 Å². The van der Waals surface area contributed by atoms with E-state index in [9.17, 15) is 35.4 Å². The molecule has 10 unspecified atom stereocenters. The van der Waals surface area contributed by atoms with Crippen LogP contribution < -0.4 is 5.32 Å². The van der Waals surface area contributed by atoms with E-state index in [0.29, 0.717) is 0 Å². The fraction of sp³-hybridized carbons (Fsp3) is 0.929. The van der Waals surface area contributed by atoms with Gasteiger partial charge in [-0.1, -0.05) is 0 Å². The van der Waals surface area contributed by atoms with E-state index in [-0.39, 0.29) is 0 Å². The molecule has 0 radical (unpaired) electrons. The van der Waals surface area contributed by atoms with Crippen LogP contribution in [0.3, 0.4) is 0 Å². The average Bonchev–Trinajstić information content (AvgIpc) is 2.88. The molecule has 152 valence electrons. The molecular weight excluding hydrogens is 358 g/mol. The lowest BCUT2D eigenvalue weighted by Crippen LogP contribution is -2.65. The molecule has 10 atom stereocenters. The van der Waals surface area contributed by atoms with Gasteiger partial charge < -0.3 is 55.3 Å². The molecule has 8 N–H and O–H groups in total. The second kappa shape index (κ2) is 8.84. The van der Waals surface area contributed by atoms with Gasteiger partial charge in [-0.15, -0.1) is 0 Å². The summed E-state index contributed by atoms with van der Waals surface area (Å²) in [6.07, 6.45) is -13.3. The first-order chi connectivity index (χ1) is 12.2. The van der Waals surface area contributed by atoms with Crippen molar-refractivity contribution >= 4 is 5.91 Å². The quantitative estimate of drug-likeness (QED) is 0.218. The Hall–Kier alpha value is -0.930. The van der Waals surface area contributed by atoms with Gasteiger partial charge in [-0.3, -0.25) is 4.79 Å². The Morgan fingerprint density at radius 2 is 1.77 bits per heavy atom. The molecule has 0 aliphatic carbocycles. The van der Waals surface area contributed by atoms with Gasteiger partial charge in [0, 0.05) is 6.92 Å². The summed E-state index contributed by atoms with van der Waals surface area (Å²) < 4.78 is 15.7. The van der Waals surface area contributed by atoms with Gasteiger partial charge in [0.05, 0.1) is 13.2 Å². The molecule has 2 rings (SSSR count). The maximum Gasteiger partial charge on any atom is 0.217 e. The molecule has 0 saturated carbocycles. The summed E-state index contributed by atoms with van der Waals surface area (Å²) in [6, 6.07) is -1.28. The first kappa shape index (κ1) is 21.4. The lowest BCUT2D eigenvalue weighted by molar-refractivity contribution is -0.300. The average molecular weight is 383 g/mol. The molecule has 0 aromatic rings. The Morgan fingerprint density at radius 3 is 2.31 bits per heavy atom. The van der Waals surface area contributed by atoms with Crippen molar-refractivity contribution in [1.82, 2.24) is 5.32 Å². The normalized spacial score (nSPS) is 44.7. The van der Waals surface area contributed by atoms with Gasteiger partial charge in [0.1, 0.15) is 48.8 Å². The Bertz CT molecular complexity index is 480. The number of rotatable bonds is 6. The molecule has 1 amide bonds. The highest BCUT2D eigenvalue weighted by molar-refractivity contribution is 5.73. The first-order valence-corrected chi connectivity index (χ1v) is 8.06. The van der Waals surface area contributed by atoms with E-state index in [1.165, 1.54) is 0 Å². The third kappa shape index (κ3) is 4.31. The monoisotopic (exact) mass is 383 g/mol. The number of amides is 1. The Morgan fingerprint density at radius 1 is 1.12 bits per heavy atom. The molecule has 2 saturated heterocycles. The van der Waals surface area contributed by atoms with Crippen molar-refractivity contribution in [2.45, 2.75) is 68.3 Å². The van der Waals surface area contributed by atoms with E-state index in [4.69, 9.17) is 19.3 Å². The SMILES string of the molecule is CC(=O)NC1C(O)OC(CO)C(OC2OC(C(O)CO)C(O)C2O)C1O. The summed E-state index contributed by atoms with van der Waals surface area (Å²) in [4.78, 5) is 11.2. The van der Waals surface area contributed by atoms with Crippen molar-refractivity contribution in [3.05, 3.63) is 0 Å². The molecule has 2 aliphatic rings. The third-order valence-electron chi connectivity index (χ3n) is 4.36. The highest BCUT2D eigenvalue weighted by atomic mass is 16.7. The minimum atomic E-state index is -1.63. The second-order valence-corrected chi connectivity index (χ2v) is 6.27. The maximum absolute atomic E-state index is 11.2. The number of hydrogen-bond acceptors (Lipinski definition) is 11. The summed E-state index contributed by atoms with van der Waals surface area (Å²) in [5.74, 6) is -0.559. The van der Waals surface area contributed by atoms with E-state index in [1.807, 2.05) is 0 Å².